The third-order valence-electron chi connectivity index (χ3n) is 4.14. The van der Waals surface area contributed by atoms with Gasteiger partial charge in [-0.2, -0.15) is 5.10 Å². The first kappa shape index (κ1) is 19.8. The van der Waals surface area contributed by atoms with Crippen molar-refractivity contribution in [1.29, 1.82) is 0 Å². The SMILES string of the molecule is C=CCNC(=O)Nc1ccc(NC(=O)c2cnn(-c3ccccc3F)c2C)cc1. The van der Waals surface area contributed by atoms with Crippen LogP contribution in [0, 0.1) is 12.7 Å². The highest BCUT2D eigenvalue weighted by atomic mass is 19.1. The van der Waals surface area contributed by atoms with Gasteiger partial charge in [-0.1, -0.05) is 18.2 Å². The summed E-state index contributed by atoms with van der Waals surface area (Å²) in [6, 6.07) is 12.5. The molecule has 1 aromatic heterocycles. The summed E-state index contributed by atoms with van der Waals surface area (Å²) in [7, 11) is 0. The molecule has 3 rings (SSSR count). The van der Waals surface area contributed by atoms with Crippen molar-refractivity contribution in [3.8, 4) is 5.69 Å². The fourth-order valence-corrected chi connectivity index (χ4v) is 2.67. The van der Waals surface area contributed by atoms with Gasteiger partial charge in [0.25, 0.3) is 5.91 Å². The molecule has 0 aliphatic rings. The third kappa shape index (κ3) is 4.67. The molecule has 1 heterocycles. The lowest BCUT2D eigenvalue weighted by Gasteiger charge is -2.09. The molecule has 0 atom stereocenters. The molecule has 0 radical (unpaired) electrons. The number of urea groups is 1. The summed E-state index contributed by atoms with van der Waals surface area (Å²) in [5.41, 5.74) is 2.25. The molecular formula is C21H20FN5O2. The van der Waals surface area contributed by atoms with Gasteiger partial charge < -0.3 is 16.0 Å². The molecule has 0 saturated carbocycles. The summed E-state index contributed by atoms with van der Waals surface area (Å²) in [6.07, 6.45) is 2.98. The van der Waals surface area contributed by atoms with Gasteiger partial charge in [-0.05, 0) is 43.3 Å². The molecule has 148 valence electrons. The number of amides is 3. The second-order valence-electron chi connectivity index (χ2n) is 6.16. The number of hydrogen-bond donors (Lipinski definition) is 3. The zero-order valence-electron chi connectivity index (χ0n) is 15.8. The van der Waals surface area contributed by atoms with Crippen molar-refractivity contribution >= 4 is 23.3 Å². The van der Waals surface area contributed by atoms with Crippen molar-refractivity contribution < 1.29 is 14.0 Å². The normalized spacial score (nSPS) is 10.3. The van der Waals surface area contributed by atoms with Crippen LogP contribution in [-0.2, 0) is 0 Å². The quantitative estimate of drug-likeness (QED) is 0.556. The van der Waals surface area contributed by atoms with Crippen LogP contribution in [0.4, 0.5) is 20.6 Å². The Labute approximate surface area is 167 Å². The smallest absolute Gasteiger partial charge is 0.319 e. The standard InChI is InChI=1S/C21H20FN5O2/c1-3-12-23-21(29)26-16-10-8-15(9-11-16)25-20(28)17-13-24-27(14(17)2)19-7-5-4-6-18(19)22/h3-11,13H,1,12H2,2H3,(H,25,28)(H2,23,26,29). The summed E-state index contributed by atoms with van der Waals surface area (Å²) in [5.74, 6) is -0.791. The molecule has 0 unspecified atom stereocenters. The average molecular weight is 393 g/mol. The number of hydrogen-bond acceptors (Lipinski definition) is 3. The first-order valence-electron chi connectivity index (χ1n) is 8.86. The van der Waals surface area contributed by atoms with Crippen LogP contribution in [0.25, 0.3) is 5.69 Å². The van der Waals surface area contributed by atoms with Gasteiger partial charge in [0.1, 0.15) is 11.5 Å². The van der Waals surface area contributed by atoms with E-state index >= 15 is 0 Å². The van der Waals surface area contributed by atoms with Crippen LogP contribution in [0.15, 0.2) is 67.4 Å². The lowest BCUT2D eigenvalue weighted by atomic mass is 10.2. The number of nitrogens with one attached hydrogen (secondary N) is 3. The Kier molecular flexibility index (Phi) is 6.03. The minimum absolute atomic E-state index is 0.272. The van der Waals surface area contributed by atoms with Crippen molar-refractivity contribution in [1.82, 2.24) is 15.1 Å². The number of rotatable bonds is 6. The van der Waals surface area contributed by atoms with Crippen LogP contribution in [0.1, 0.15) is 16.1 Å². The Morgan fingerprint density at radius 2 is 1.76 bits per heavy atom. The topological polar surface area (TPSA) is 88.1 Å². The van der Waals surface area contributed by atoms with E-state index in [0.717, 1.165) is 0 Å². The van der Waals surface area contributed by atoms with Crippen LogP contribution < -0.4 is 16.0 Å². The molecule has 3 amide bonds. The van der Waals surface area contributed by atoms with Crippen LogP contribution in [0.5, 0.6) is 0 Å². The van der Waals surface area contributed by atoms with E-state index in [-0.39, 0.29) is 17.6 Å². The van der Waals surface area contributed by atoms with E-state index in [1.54, 1.807) is 55.5 Å². The molecule has 2 aromatic carbocycles. The number of para-hydroxylation sites is 1. The zero-order chi connectivity index (χ0) is 20.8. The molecule has 0 bridgehead atoms. The maximum Gasteiger partial charge on any atom is 0.319 e. The van der Waals surface area contributed by atoms with Crippen molar-refractivity contribution in [2.75, 3.05) is 17.2 Å². The van der Waals surface area contributed by atoms with Crippen molar-refractivity contribution in [3.05, 3.63) is 84.5 Å². The van der Waals surface area contributed by atoms with Crippen LogP contribution in [0.2, 0.25) is 0 Å². The molecule has 3 aromatic rings. The van der Waals surface area contributed by atoms with E-state index in [1.165, 1.54) is 16.9 Å². The van der Waals surface area contributed by atoms with E-state index in [1.807, 2.05) is 0 Å². The highest BCUT2D eigenvalue weighted by molar-refractivity contribution is 6.05. The van der Waals surface area contributed by atoms with Crippen LogP contribution in [0.3, 0.4) is 0 Å². The van der Waals surface area contributed by atoms with Gasteiger partial charge in [-0.25, -0.2) is 13.9 Å². The first-order chi connectivity index (χ1) is 14.0. The number of carbonyl (C=O) groups is 2. The number of benzene rings is 2. The van der Waals surface area contributed by atoms with Crippen LogP contribution >= 0.6 is 0 Å². The average Bonchev–Trinajstić information content (AvgIpc) is 3.09. The number of nitrogens with zero attached hydrogens (tertiary/aromatic N) is 2. The molecule has 29 heavy (non-hydrogen) atoms. The highest BCUT2D eigenvalue weighted by Crippen LogP contribution is 2.19. The van der Waals surface area contributed by atoms with Crippen molar-refractivity contribution in [2.45, 2.75) is 6.92 Å². The fraction of sp³-hybridized carbons (Fsp3) is 0.0952. The lowest BCUT2D eigenvalue weighted by molar-refractivity contribution is 0.102. The maximum atomic E-state index is 14.0. The second-order valence-corrected chi connectivity index (χ2v) is 6.16. The molecule has 8 heteroatoms. The summed E-state index contributed by atoms with van der Waals surface area (Å²) < 4.78 is 15.4. The molecule has 0 saturated heterocycles. The summed E-state index contributed by atoms with van der Waals surface area (Å²) in [4.78, 5) is 24.2. The molecule has 0 fully saturated rings. The van der Waals surface area contributed by atoms with Crippen molar-refractivity contribution in [2.24, 2.45) is 0 Å². The predicted molar refractivity (Wildman–Crippen MR) is 110 cm³/mol. The Balaban J connectivity index is 1.69. The van der Waals surface area contributed by atoms with E-state index in [0.29, 0.717) is 29.2 Å². The summed E-state index contributed by atoms with van der Waals surface area (Å²) in [5, 5.41) is 12.2. The monoisotopic (exact) mass is 393 g/mol. The van der Waals surface area contributed by atoms with Crippen molar-refractivity contribution in [3.63, 3.8) is 0 Å². The van der Waals surface area contributed by atoms with E-state index in [2.05, 4.69) is 27.6 Å². The minimum atomic E-state index is -0.425. The molecule has 0 aliphatic heterocycles. The van der Waals surface area contributed by atoms with Gasteiger partial charge in [0.05, 0.1) is 17.5 Å². The number of halogens is 1. The van der Waals surface area contributed by atoms with Gasteiger partial charge in [-0.15, -0.1) is 6.58 Å². The van der Waals surface area contributed by atoms with E-state index < -0.39 is 5.82 Å². The Morgan fingerprint density at radius 1 is 1.10 bits per heavy atom. The Morgan fingerprint density at radius 3 is 2.41 bits per heavy atom. The molecule has 3 N–H and O–H groups in total. The summed E-state index contributed by atoms with van der Waals surface area (Å²) in [6.45, 7) is 5.58. The largest absolute Gasteiger partial charge is 0.334 e. The van der Waals surface area contributed by atoms with Gasteiger partial charge in [-0.3, -0.25) is 4.79 Å². The van der Waals surface area contributed by atoms with Gasteiger partial charge in [0.2, 0.25) is 0 Å². The second kappa shape index (κ2) is 8.83. The Hall–Kier alpha value is -3.94. The lowest BCUT2D eigenvalue weighted by Crippen LogP contribution is -2.28. The predicted octanol–water partition coefficient (Wildman–Crippen LogP) is 3.88. The first-order valence-corrected chi connectivity index (χ1v) is 8.86. The molecule has 0 spiro atoms. The zero-order valence-corrected chi connectivity index (χ0v) is 15.8. The summed E-state index contributed by atoms with van der Waals surface area (Å²) >= 11 is 0. The van der Waals surface area contributed by atoms with Gasteiger partial charge in [0.15, 0.2) is 0 Å². The molecule has 0 aliphatic carbocycles. The Bertz CT molecular complexity index is 1040. The van der Waals surface area contributed by atoms with Gasteiger partial charge >= 0.3 is 6.03 Å². The van der Waals surface area contributed by atoms with Crippen LogP contribution in [-0.4, -0.2) is 28.3 Å². The third-order valence-corrected chi connectivity index (χ3v) is 4.14. The van der Waals surface area contributed by atoms with Gasteiger partial charge in [0, 0.05) is 17.9 Å². The van der Waals surface area contributed by atoms with E-state index in [9.17, 15) is 14.0 Å². The number of aromatic nitrogens is 2. The number of anilines is 2. The number of carbonyl (C=O) groups excluding carboxylic acids is 2. The molecular weight excluding hydrogens is 373 g/mol. The maximum absolute atomic E-state index is 14.0. The minimum Gasteiger partial charge on any atom is -0.334 e. The fourth-order valence-electron chi connectivity index (χ4n) is 2.67. The highest BCUT2D eigenvalue weighted by Gasteiger charge is 2.17. The molecule has 7 nitrogen and oxygen atoms in total. The van der Waals surface area contributed by atoms with E-state index in [4.69, 9.17) is 0 Å².